The van der Waals surface area contributed by atoms with Gasteiger partial charge in [0.25, 0.3) is 5.91 Å². The Morgan fingerprint density at radius 3 is 2.62 bits per heavy atom. The molecule has 0 saturated carbocycles. The molecule has 1 N–H and O–H groups in total. The van der Waals surface area contributed by atoms with Gasteiger partial charge >= 0.3 is 5.97 Å². The standard InChI is InChI=1S/C18H18ClNO5S/c1-24-16-7-6-14(9-15(16)19)20-17(21)10-25-18(22)13-5-3-4-12(8-13)11-26(2)23/h3-9H,10-11H2,1-2H3,(H,20,21). The number of hydrogen-bond acceptors (Lipinski definition) is 5. The molecule has 2 aromatic carbocycles. The monoisotopic (exact) mass is 395 g/mol. The number of esters is 1. The fourth-order valence-electron chi connectivity index (χ4n) is 2.18. The van der Waals surface area contributed by atoms with Crippen LogP contribution < -0.4 is 10.1 Å². The van der Waals surface area contributed by atoms with Gasteiger partial charge < -0.3 is 14.8 Å². The molecule has 138 valence electrons. The number of hydrogen-bond donors (Lipinski definition) is 1. The Hall–Kier alpha value is -2.38. The predicted molar refractivity (Wildman–Crippen MR) is 101 cm³/mol. The summed E-state index contributed by atoms with van der Waals surface area (Å²) in [5.41, 5.74) is 1.52. The zero-order valence-corrected chi connectivity index (χ0v) is 15.9. The van der Waals surface area contributed by atoms with Crippen molar-refractivity contribution >= 4 is 40.0 Å². The van der Waals surface area contributed by atoms with Crippen LogP contribution in [0.5, 0.6) is 5.75 Å². The van der Waals surface area contributed by atoms with E-state index in [9.17, 15) is 13.8 Å². The first kappa shape index (κ1) is 19.9. The molecule has 1 unspecified atom stereocenters. The second-order valence-corrected chi connectivity index (χ2v) is 7.23. The van der Waals surface area contributed by atoms with Crippen LogP contribution in [-0.4, -0.2) is 36.1 Å². The van der Waals surface area contributed by atoms with Gasteiger partial charge in [-0.2, -0.15) is 0 Å². The van der Waals surface area contributed by atoms with E-state index < -0.39 is 29.3 Å². The summed E-state index contributed by atoms with van der Waals surface area (Å²) in [4.78, 5) is 24.0. The van der Waals surface area contributed by atoms with Crippen LogP contribution in [0.3, 0.4) is 0 Å². The molecule has 0 radical (unpaired) electrons. The number of methoxy groups -OCH3 is 1. The highest BCUT2D eigenvalue weighted by Crippen LogP contribution is 2.27. The molecule has 0 fully saturated rings. The number of carbonyl (C=O) groups excluding carboxylic acids is 2. The van der Waals surface area contributed by atoms with Crippen LogP contribution in [0.1, 0.15) is 15.9 Å². The van der Waals surface area contributed by atoms with Gasteiger partial charge in [0.1, 0.15) is 5.75 Å². The van der Waals surface area contributed by atoms with Crippen LogP contribution in [0.25, 0.3) is 0 Å². The zero-order chi connectivity index (χ0) is 19.1. The van der Waals surface area contributed by atoms with Gasteiger partial charge in [-0.15, -0.1) is 0 Å². The topological polar surface area (TPSA) is 81.7 Å². The lowest BCUT2D eigenvalue weighted by Gasteiger charge is -2.09. The molecule has 0 bridgehead atoms. The van der Waals surface area contributed by atoms with Crippen molar-refractivity contribution in [3.8, 4) is 5.75 Å². The first-order valence-corrected chi connectivity index (χ1v) is 9.69. The Balaban J connectivity index is 1.91. The minimum absolute atomic E-state index is 0.299. The molecule has 0 aliphatic rings. The van der Waals surface area contributed by atoms with Crippen molar-refractivity contribution in [2.24, 2.45) is 0 Å². The number of anilines is 1. The molecule has 0 aliphatic carbocycles. The minimum atomic E-state index is -1.01. The number of rotatable bonds is 7. The average molecular weight is 396 g/mol. The lowest BCUT2D eigenvalue weighted by atomic mass is 10.1. The third kappa shape index (κ3) is 5.86. The Kier molecular flexibility index (Phi) is 7.17. The van der Waals surface area contributed by atoms with Crippen molar-refractivity contribution in [2.75, 3.05) is 25.3 Å². The molecular weight excluding hydrogens is 378 g/mol. The smallest absolute Gasteiger partial charge is 0.338 e. The lowest BCUT2D eigenvalue weighted by molar-refractivity contribution is -0.119. The third-order valence-corrected chi connectivity index (χ3v) is 4.34. The van der Waals surface area contributed by atoms with Crippen molar-refractivity contribution in [2.45, 2.75) is 5.75 Å². The summed E-state index contributed by atoms with van der Waals surface area (Å²) >= 11 is 5.99. The van der Waals surface area contributed by atoms with Crippen LogP contribution in [0.4, 0.5) is 5.69 Å². The largest absolute Gasteiger partial charge is 0.495 e. The first-order chi connectivity index (χ1) is 12.4. The maximum Gasteiger partial charge on any atom is 0.338 e. The fourth-order valence-corrected chi connectivity index (χ4v) is 3.09. The third-order valence-electron chi connectivity index (χ3n) is 3.30. The molecular formula is C18H18ClNO5S. The summed E-state index contributed by atoms with van der Waals surface area (Å²) in [5.74, 6) is -0.286. The van der Waals surface area contributed by atoms with Crippen LogP contribution in [0, 0.1) is 0 Å². The van der Waals surface area contributed by atoms with E-state index in [2.05, 4.69) is 5.32 Å². The van der Waals surface area contributed by atoms with Gasteiger partial charge in [0.05, 0.1) is 17.7 Å². The van der Waals surface area contributed by atoms with E-state index in [-0.39, 0.29) is 0 Å². The SMILES string of the molecule is COc1ccc(NC(=O)COC(=O)c2cccc(CS(C)=O)c2)cc1Cl. The molecule has 26 heavy (non-hydrogen) atoms. The summed E-state index contributed by atoms with van der Waals surface area (Å²) in [6.07, 6.45) is 1.58. The van der Waals surface area contributed by atoms with E-state index in [4.69, 9.17) is 21.1 Å². The Bertz CT molecular complexity index is 840. The number of carbonyl (C=O) groups is 2. The quantitative estimate of drug-likeness (QED) is 0.729. The summed E-state index contributed by atoms with van der Waals surface area (Å²) in [6, 6.07) is 11.4. The van der Waals surface area contributed by atoms with Gasteiger partial charge in [0.2, 0.25) is 0 Å². The molecule has 2 aromatic rings. The molecule has 0 heterocycles. The normalized spacial score (nSPS) is 11.5. The summed E-state index contributed by atoms with van der Waals surface area (Å²) in [6.45, 7) is -0.438. The van der Waals surface area contributed by atoms with Crippen molar-refractivity contribution in [3.05, 3.63) is 58.6 Å². The molecule has 6 nitrogen and oxygen atoms in total. The van der Waals surface area contributed by atoms with E-state index in [1.165, 1.54) is 13.2 Å². The van der Waals surface area contributed by atoms with Gasteiger partial charge in [0, 0.05) is 28.5 Å². The van der Waals surface area contributed by atoms with Gasteiger partial charge in [-0.25, -0.2) is 4.79 Å². The predicted octanol–water partition coefficient (Wildman–Crippen LogP) is 3.02. The molecule has 1 amide bonds. The summed E-state index contributed by atoms with van der Waals surface area (Å²) < 4.78 is 21.3. The lowest BCUT2D eigenvalue weighted by Crippen LogP contribution is -2.21. The van der Waals surface area contributed by atoms with Crippen LogP contribution in [0.15, 0.2) is 42.5 Å². The summed E-state index contributed by atoms with van der Waals surface area (Å²) in [5, 5.41) is 2.94. The molecule has 0 saturated heterocycles. The zero-order valence-electron chi connectivity index (χ0n) is 14.3. The van der Waals surface area contributed by atoms with Gasteiger partial charge in [0.15, 0.2) is 6.61 Å². The van der Waals surface area contributed by atoms with E-state index in [0.29, 0.717) is 27.8 Å². The maximum absolute atomic E-state index is 12.1. The molecule has 8 heteroatoms. The Morgan fingerprint density at radius 2 is 1.96 bits per heavy atom. The van der Waals surface area contributed by atoms with E-state index in [1.807, 2.05) is 0 Å². The average Bonchev–Trinajstić information content (AvgIpc) is 2.59. The molecule has 0 spiro atoms. The van der Waals surface area contributed by atoms with Crippen molar-refractivity contribution in [1.29, 1.82) is 0 Å². The summed E-state index contributed by atoms with van der Waals surface area (Å²) in [7, 11) is 0.480. The molecule has 0 aromatic heterocycles. The van der Waals surface area contributed by atoms with Gasteiger partial charge in [-0.1, -0.05) is 23.7 Å². The van der Waals surface area contributed by atoms with Crippen LogP contribution in [0.2, 0.25) is 5.02 Å². The van der Waals surface area contributed by atoms with E-state index in [0.717, 1.165) is 5.56 Å². The first-order valence-electron chi connectivity index (χ1n) is 7.58. The van der Waals surface area contributed by atoms with Gasteiger partial charge in [-0.05, 0) is 35.9 Å². The van der Waals surface area contributed by atoms with E-state index >= 15 is 0 Å². The number of halogens is 1. The Morgan fingerprint density at radius 1 is 1.19 bits per heavy atom. The van der Waals surface area contributed by atoms with Crippen molar-refractivity contribution < 1.29 is 23.3 Å². The molecule has 1 atom stereocenters. The highest BCUT2D eigenvalue weighted by molar-refractivity contribution is 7.83. The van der Waals surface area contributed by atoms with Crippen molar-refractivity contribution in [1.82, 2.24) is 0 Å². The number of nitrogens with one attached hydrogen (secondary N) is 1. The second-order valence-electron chi connectivity index (χ2n) is 5.39. The second kappa shape index (κ2) is 9.35. The van der Waals surface area contributed by atoms with Crippen LogP contribution >= 0.6 is 11.6 Å². The maximum atomic E-state index is 12.1. The van der Waals surface area contributed by atoms with Crippen LogP contribution in [-0.2, 0) is 26.1 Å². The number of amides is 1. The molecule has 2 rings (SSSR count). The fraction of sp³-hybridized carbons (Fsp3) is 0.222. The highest BCUT2D eigenvalue weighted by Gasteiger charge is 2.12. The Labute approximate surface area is 158 Å². The highest BCUT2D eigenvalue weighted by atomic mass is 35.5. The minimum Gasteiger partial charge on any atom is -0.495 e. The van der Waals surface area contributed by atoms with Crippen molar-refractivity contribution in [3.63, 3.8) is 0 Å². The molecule has 0 aliphatic heterocycles. The number of ether oxygens (including phenoxy) is 2. The number of benzene rings is 2. The van der Waals surface area contributed by atoms with E-state index in [1.54, 1.807) is 42.7 Å². The van der Waals surface area contributed by atoms with Gasteiger partial charge in [-0.3, -0.25) is 9.00 Å².